The van der Waals surface area contributed by atoms with Gasteiger partial charge in [-0.25, -0.2) is 4.98 Å². The molecule has 3 aliphatic rings. The van der Waals surface area contributed by atoms with Crippen molar-refractivity contribution in [2.75, 3.05) is 37.7 Å². The van der Waals surface area contributed by atoms with Gasteiger partial charge < -0.3 is 35.0 Å². The normalized spacial score (nSPS) is 21.8. The molecule has 3 heterocycles. The molecule has 70 heavy (non-hydrogen) atoms. The average molecular weight is 994 g/mol. The van der Waals surface area contributed by atoms with E-state index in [-0.39, 0.29) is 78.5 Å². The Kier molecular flexibility index (Phi) is 16.2. The number of aromatic nitrogens is 1. The third-order valence-corrected chi connectivity index (χ3v) is 16.2. The van der Waals surface area contributed by atoms with Crippen LogP contribution in [-0.2, 0) is 19.1 Å². The Labute approximate surface area is 422 Å². The van der Waals surface area contributed by atoms with Gasteiger partial charge in [-0.1, -0.05) is 84.3 Å². The quantitative estimate of drug-likeness (QED) is 0.0866. The number of ether oxygens (including phenoxy) is 2. The minimum atomic E-state index is -0.851. The molecule has 7 rings (SSSR count). The molecule has 2 saturated heterocycles. The van der Waals surface area contributed by atoms with Crippen molar-refractivity contribution < 1.29 is 33.8 Å². The van der Waals surface area contributed by atoms with Crippen molar-refractivity contribution in [3.05, 3.63) is 99.6 Å². The maximum absolute atomic E-state index is 14.2. The molecule has 3 N–H and O–H groups in total. The second-order valence-electron chi connectivity index (χ2n) is 21.8. The summed E-state index contributed by atoms with van der Waals surface area (Å²) in [6.07, 6.45) is 1.82. The number of nitrogens with one attached hydrogen (secondary N) is 2. The van der Waals surface area contributed by atoms with Crippen LogP contribution in [0.25, 0.3) is 10.4 Å². The van der Waals surface area contributed by atoms with Gasteiger partial charge in [0.15, 0.2) is 5.78 Å². The van der Waals surface area contributed by atoms with Gasteiger partial charge in [-0.15, -0.1) is 11.3 Å². The number of likely N-dealkylation sites (tertiary alicyclic amines) is 1. The molecule has 4 atom stereocenters. The fraction of sp³-hybridized carbons (Fsp3) is 0.527. The second-order valence-corrected chi connectivity index (χ2v) is 23.1. The van der Waals surface area contributed by atoms with Crippen molar-refractivity contribution in [2.24, 2.45) is 28.1 Å². The number of aliphatic hydroxyl groups excluding tert-OH is 1. The molecule has 1 saturated carbocycles. The van der Waals surface area contributed by atoms with E-state index in [2.05, 4.69) is 54.3 Å². The Bertz CT molecular complexity index is 2540. The van der Waals surface area contributed by atoms with E-state index in [1.807, 2.05) is 88.7 Å². The molecule has 0 radical (unpaired) electrons. The monoisotopic (exact) mass is 992 g/mol. The van der Waals surface area contributed by atoms with E-state index in [1.165, 1.54) is 4.90 Å². The first kappa shape index (κ1) is 52.5. The van der Waals surface area contributed by atoms with Crippen molar-refractivity contribution in [3.63, 3.8) is 0 Å². The molecule has 4 aromatic rings. The highest BCUT2D eigenvalue weighted by atomic mass is 35.5. The lowest BCUT2D eigenvalue weighted by Crippen LogP contribution is -2.74. The number of hydrogen-bond acceptors (Lipinski definition) is 11. The smallest absolute Gasteiger partial charge is 0.251 e. The molecule has 374 valence electrons. The highest BCUT2D eigenvalue weighted by Gasteiger charge is 2.64. The van der Waals surface area contributed by atoms with E-state index < -0.39 is 23.5 Å². The van der Waals surface area contributed by atoms with Crippen LogP contribution in [0.15, 0.2) is 72.2 Å². The number of anilines is 1. The molecule has 1 aliphatic carbocycles. The average Bonchev–Trinajstić information content (AvgIpc) is 3.95. The number of rotatable bonds is 17. The number of aliphatic hydroxyl groups is 1. The van der Waals surface area contributed by atoms with Gasteiger partial charge in [0.2, 0.25) is 11.8 Å². The Hall–Kier alpha value is -5.33. The van der Waals surface area contributed by atoms with E-state index in [0.29, 0.717) is 34.4 Å². The van der Waals surface area contributed by atoms with Gasteiger partial charge in [0.25, 0.3) is 5.91 Å². The molecular weight excluding hydrogens is 924 g/mol. The first-order chi connectivity index (χ1) is 33.1. The number of carbonyl (C=O) groups excluding carboxylic acids is 4. The summed E-state index contributed by atoms with van der Waals surface area (Å²) in [7, 11) is 0. The fourth-order valence-corrected chi connectivity index (χ4v) is 12.0. The molecule has 0 unspecified atom stereocenters. The summed E-state index contributed by atoms with van der Waals surface area (Å²) >= 11 is 7.85. The van der Waals surface area contributed by atoms with Crippen LogP contribution in [0, 0.1) is 46.3 Å². The van der Waals surface area contributed by atoms with E-state index in [9.17, 15) is 29.5 Å². The van der Waals surface area contributed by atoms with Gasteiger partial charge in [0.05, 0.1) is 38.8 Å². The van der Waals surface area contributed by atoms with E-state index in [4.69, 9.17) is 21.1 Å². The number of carbonyl (C=O) groups is 4. The van der Waals surface area contributed by atoms with Gasteiger partial charge in [-0.3, -0.25) is 19.2 Å². The summed E-state index contributed by atoms with van der Waals surface area (Å²) in [5.74, 6) is -0.624. The third kappa shape index (κ3) is 11.7. The molecule has 3 amide bonds. The van der Waals surface area contributed by atoms with Crippen molar-refractivity contribution in [1.82, 2.24) is 20.5 Å². The molecule has 3 aromatic carbocycles. The zero-order valence-corrected chi connectivity index (χ0v) is 43.6. The Balaban J connectivity index is 0.831. The van der Waals surface area contributed by atoms with Crippen LogP contribution in [0.1, 0.15) is 121 Å². The van der Waals surface area contributed by atoms with Gasteiger partial charge in [0.1, 0.15) is 30.6 Å². The number of benzene rings is 3. The number of thiazole rings is 1. The van der Waals surface area contributed by atoms with Crippen LogP contribution in [0.5, 0.6) is 5.75 Å². The van der Waals surface area contributed by atoms with Gasteiger partial charge in [-0.05, 0) is 92.0 Å². The highest BCUT2D eigenvalue weighted by Crippen LogP contribution is 2.55. The summed E-state index contributed by atoms with van der Waals surface area (Å²) in [5, 5.41) is 26.6. The minimum Gasteiger partial charge on any atom is -0.489 e. The Morgan fingerprint density at radius 3 is 2.27 bits per heavy atom. The molecule has 0 bridgehead atoms. The second kappa shape index (κ2) is 21.6. The van der Waals surface area contributed by atoms with Crippen molar-refractivity contribution >= 4 is 52.1 Å². The van der Waals surface area contributed by atoms with Crippen molar-refractivity contribution in [3.8, 4) is 22.3 Å². The van der Waals surface area contributed by atoms with E-state index in [0.717, 1.165) is 59.7 Å². The van der Waals surface area contributed by atoms with E-state index >= 15 is 0 Å². The number of β-amino-alcohol motifs (C(OH)–C–C–N with tert-alkyl or cyclic N) is 1. The lowest BCUT2D eigenvalue weighted by atomic mass is 9.49. The van der Waals surface area contributed by atoms with Crippen LogP contribution in [0.3, 0.4) is 0 Å². The number of Topliss-reactive ketones (excluding diaryl/α,β-unsaturated/α-hetero) is 1. The van der Waals surface area contributed by atoms with E-state index in [1.54, 1.807) is 29.5 Å². The Morgan fingerprint density at radius 2 is 1.67 bits per heavy atom. The number of ketones is 1. The first-order valence-corrected chi connectivity index (χ1v) is 25.7. The number of halogens is 1. The molecule has 13 nitrogen and oxygen atoms in total. The van der Waals surface area contributed by atoms with Crippen LogP contribution in [0.4, 0.5) is 5.69 Å². The zero-order valence-electron chi connectivity index (χ0n) is 42.0. The van der Waals surface area contributed by atoms with Crippen molar-refractivity contribution in [2.45, 2.75) is 125 Å². The van der Waals surface area contributed by atoms with Crippen LogP contribution in [-0.4, -0.2) is 95.6 Å². The number of hydrogen-bond donors (Lipinski definition) is 3. The summed E-state index contributed by atoms with van der Waals surface area (Å²) in [4.78, 5) is 64.1. The number of nitriles is 1. The lowest BCUT2D eigenvalue weighted by molar-refractivity contribution is -0.164. The molecular formula is C55H69ClN6O7S. The van der Waals surface area contributed by atoms with Gasteiger partial charge >= 0.3 is 0 Å². The van der Waals surface area contributed by atoms with Crippen LogP contribution >= 0.6 is 22.9 Å². The predicted octanol–water partition coefficient (Wildman–Crippen LogP) is 9.34. The third-order valence-electron chi connectivity index (χ3n) is 14.9. The summed E-state index contributed by atoms with van der Waals surface area (Å²) in [6.45, 7) is 20.1. The topological polar surface area (TPSA) is 174 Å². The standard InChI is InChI=1S/C55H69ClN6O7S/c1-33(36-10-12-37(13-11-36)47-34(2)58-32-70-47)59-49(66)46-27-41(63)30-62(46)50(67)44(53(3,4)5)26-42(64)31-68-25-22-35-20-23-61(24-21-35)40-17-14-38(15-18-40)48(65)60-51-54(6,7)52(55(51,8)9)69-43-19-16-39(29-57)45(56)28-43/h10-19,28,32-33,35,41,44,46,51-52,63H,20-27,30-31H2,1-9H3,(H,59,66)(H,60,65)/t33-,41+,44+,46-,51?,52?/m0/s1. The summed E-state index contributed by atoms with van der Waals surface area (Å²) < 4.78 is 12.3. The fourth-order valence-electron chi connectivity index (χ4n) is 11.0. The number of aryl methyl sites for hydroxylation is 1. The SMILES string of the molecule is Cc1ncsc1-c1ccc([C@H](C)NC(=O)[C@@H]2C[C@@H](O)CN2C(=O)[C@@H](CC(=O)COCCC2CCN(c3ccc(C(=O)NC4C(C)(C)C(Oc5ccc(C#N)c(Cl)c5)C4(C)C)cc3)CC2)C(C)(C)C)cc1. The largest absolute Gasteiger partial charge is 0.489 e. The van der Waals surface area contributed by atoms with Crippen LogP contribution in [0.2, 0.25) is 5.02 Å². The van der Waals surface area contributed by atoms with Crippen LogP contribution < -0.4 is 20.3 Å². The molecule has 15 heteroatoms. The van der Waals surface area contributed by atoms with Crippen molar-refractivity contribution in [1.29, 1.82) is 5.26 Å². The van der Waals surface area contributed by atoms with Gasteiger partial charge in [0, 0.05) is 79.2 Å². The minimum absolute atomic E-state index is 0.0207. The number of amides is 3. The molecule has 0 spiro atoms. The number of nitrogens with zero attached hydrogens (tertiary/aromatic N) is 4. The predicted molar refractivity (Wildman–Crippen MR) is 274 cm³/mol. The number of piperidine rings is 1. The molecule has 2 aliphatic heterocycles. The maximum Gasteiger partial charge on any atom is 0.251 e. The summed E-state index contributed by atoms with van der Waals surface area (Å²) in [6, 6.07) is 21.6. The highest BCUT2D eigenvalue weighted by molar-refractivity contribution is 7.13. The lowest BCUT2D eigenvalue weighted by Gasteiger charge is -2.63. The Morgan fingerprint density at radius 1 is 1.00 bits per heavy atom. The maximum atomic E-state index is 14.2. The molecule has 1 aromatic heterocycles. The molecule has 3 fully saturated rings. The van der Waals surface area contributed by atoms with Gasteiger partial charge in [-0.2, -0.15) is 5.26 Å². The first-order valence-electron chi connectivity index (χ1n) is 24.5. The summed E-state index contributed by atoms with van der Waals surface area (Å²) in [5.41, 5.74) is 5.49. The zero-order chi connectivity index (χ0) is 50.7.